The van der Waals surface area contributed by atoms with Crippen molar-refractivity contribution in [2.45, 2.75) is 27.3 Å². The number of halogens is 1. The highest BCUT2D eigenvalue weighted by atomic mass is 35.5. The molecule has 1 rings (SSSR count). The number of aryl methyl sites for hydroxylation is 3. The van der Waals surface area contributed by atoms with Gasteiger partial charge >= 0.3 is 0 Å². The van der Waals surface area contributed by atoms with Gasteiger partial charge in [-0.2, -0.15) is 0 Å². The minimum Gasteiger partial charge on any atom is -0.301 e. The van der Waals surface area contributed by atoms with Gasteiger partial charge in [0.25, 0.3) is 0 Å². The summed E-state index contributed by atoms with van der Waals surface area (Å²) in [5.74, 6) is 0.695. The average molecular weight is 226 g/mol. The molecule has 2 heteroatoms. The Hall–Kier alpha value is -0.530. The van der Waals surface area contributed by atoms with Crippen LogP contribution in [0.1, 0.15) is 22.3 Å². The molecule has 0 unspecified atom stereocenters. The van der Waals surface area contributed by atoms with Gasteiger partial charge in [0.15, 0.2) is 0 Å². The van der Waals surface area contributed by atoms with Crippen molar-refractivity contribution in [1.29, 1.82) is 0 Å². The van der Waals surface area contributed by atoms with E-state index in [9.17, 15) is 0 Å². The zero-order valence-corrected chi connectivity index (χ0v) is 10.9. The lowest BCUT2D eigenvalue weighted by Crippen LogP contribution is -2.21. The smallest absolute Gasteiger partial charge is 0.0351 e. The van der Waals surface area contributed by atoms with Gasteiger partial charge in [-0.15, -0.1) is 11.6 Å². The maximum absolute atomic E-state index is 5.73. The molecule has 0 aliphatic heterocycles. The minimum atomic E-state index is 0.695. The van der Waals surface area contributed by atoms with Gasteiger partial charge in [0.1, 0.15) is 0 Å². The van der Waals surface area contributed by atoms with E-state index in [1.54, 1.807) is 0 Å². The van der Waals surface area contributed by atoms with Gasteiger partial charge in [-0.25, -0.2) is 0 Å². The van der Waals surface area contributed by atoms with Gasteiger partial charge in [-0.1, -0.05) is 17.7 Å². The third-order valence-corrected chi connectivity index (χ3v) is 2.90. The zero-order chi connectivity index (χ0) is 11.4. The molecular formula is C13H20ClN. The molecule has 0 saturated heterocycles. The summed E-state index contributed by atoms with van der Waals surface area (Å²) >= 11 is 5.73. The first-order valence-electron chi connectivity index (χ1n) is 5.36. The van der Waals surface area contributed by atoms with Gasteiger partial charge < -0.3 is 4.90 Å². The van der Waals surface area contributed by atoms with Gasteiger partial charge in [0.05, 0.1) is 0 Å². The number of alkyl halides is 1. The lowest BCUT2D eigenvalue weighted by Gasteiger charge is -2.19. The second kappa shape index (κ2) is 5.53. The van der Waals surface area contributed by atoms with Crippen LogP contribution in [0.15, 0.2) is 12.1 Å². The summed E-state index contributed by atoms with van der Waals surface area (Å²) in [6, 6.07) is 4.49. The van der Waals surface area contributed by atoms with E-state index < -0.39 is 0 Å². The third kappa shape index (κ3) is 3.51. The first kappa shape index (κ1) is 12.5. The summed E-state index contributed by atoms with van der Waals surface area (Å²) < 4.78 is 0. The van der Waals surface area contributed by atoms with Crippen molar-refractivity contribution in [3.05, 3.63) is 34.4 Å². The maximum atomic E-state index is 5.73. The van der Waals surface area contributed by atoms with Gasteiger partial charge in [-0.3, -0.25) is 0 Å². The monoisotopic (exact) mass is 225 g/mol. The highest BCUT2D eigenvalue weighted by Gasteiger charge is 2.06. The van der Waals surface area contributed by atoms with E-state index >= 15 is 0 Å². The quantitative estimate of drug-likeness (QED) is 0.711. The summed E-state index contributed by atoms with van der Waals surface area (Å²) in [7, 11) is 2.11. The van der Waals surface area contributed by atoms with Crippen molar-refractivity contribution in [3.63, 3.8) is 0 Å². The van der Waals surface area contributed by atoms with Crippen molar-refractivity contribution in [1.82, 2.24) is 4.90 Å². The molecule has 0 amide bonds. The Labute approximate surface area is 98.0 Å². The van der Waals surface area contributed by atoms with Crippen LogP contribution in [0.4, 0.5) is 0 Å². The minimum absolute atomic E-state index is 0.695. The molecule has 0 fully saturated rings. The normalized spacial score (nSPS) is 11.1. The number of rotatable bonds is 4. The molecule has 1 aromatic rings. The van der Waals surface area contributed by atoms with E-state index in [0.717, 1.165) is 13.1 Å². The maximum Gasteiger partial charge on any atom is 0.0351 e. The highest BCUT2D eigenvalue weighted by Crippen LogP contribution is 2.17. The molecule has 1 aromatic carbocycles. The molecule has 15 heavy (non-hydrogen) atoms. The summed E-state index contributed by atoms with van der Waals surface area (Å²) in [5, 5.41) is 0. The van der Waals surface area contributed by atoms with Crippen LogP contribution in [-0.4, -0.2) is 24.4 Å². The van der Waals surface area contributed by atoms with Crippen molar-refractivity contribution < 1.29 is 0 Å². The van der Waals surface area contributed by atoms with E-state index in [-0.39, 0.29) is 0 Å². The van der Waals surface area contributed by atoms with Crippen LogP contribution in [0.25, 0.3) is 0 Å². The van der Waals surface area contributed by atoms with Gasteiger partial charge in [0, 0.05) is 19.0 Å². The van der Waals surface area contributed by atoms with Crippen LogP contribution < -0.4 is 0 Å². The molecule has 0 bridgehead atoms. The van der Waals surface area contributed by atoms with Crippen molar-refractivity contribution >= 4 is 11.6 Å². The van der Waals surface area contributed by atoms with E-state index in [0.29, 0.717) is 5.88 Å². The Morgan fingerprint density at radius 3 is 2.13 bits per heavy atom. The van der Waals surface area contributed by atoms with Crippen LogP contribution in [-0.2, 0) is 6.54 Å². The fourth-order valence-electron chi connectivity index (χ4n) is 1.95. The predicted octanol–water partition coefficient (Wildman–Crippen LogP) is 3.28. The molecule has 0 aliphatic carbocycles. The molecule has 0 aromatic heterocycles. The zero-order valence-electron chi connectivity index (χ0n) is 10.1. The average Bonchev–Trinajstić information content (AvgIpc) is 2.11. The summed E-state index contributed by atoms with van der Waals surface area (Å²) in [5.41, 5.74) is 5.55. The molecule has 0 radical (unpaired) electrons. The van der Waals surface area contributed by atoms with Crippen LogP contribution >= 0.6 is 11.6 Å². The Morgan fingerprint density at radius 2 is 1.67 bits per heavy atom. The second-order valence-corrected chi connectivity index (χ2v) is 4.68. The Balaban J connectivity index is 2.85. The fourth-order valence-corrected chi connectivity index (χ4v) is 2.24. The van der Waals surface area contributed by atoms with E-state index in [1.807, 2.05) is 0 Å². The molecule has 1 nitrogen and oxygen atoms in total. The first-order valence-corrected chi connectivity index (χ1v) is 5.89. The Kier molecular flexibility index (Phi) is 4.62. The molecule has 84 valence electrons. The number of benzene rings is 1. The van der Waals surface area contributed by atoms with Crippen LogP contribution in [0.2, 0.25) is 0 Å². The van der Waals surface area contributed by atoms with E-state index in [4.69, 9.17) is 11.6 Å². The van der Waals surface area contributed by atoms with Gasteiger partial charge in [0.2, 0.25) is 0 Å². The second-order valence-electron chi connectivity index (χ2n) is 4.30. The molecular weight excluding hydrogens is 206 g/mol. The summed E-state index contributed by atoms with van der Waals surface area (Å²) in [6.45, 7) is 8.44. The highest BCUT2D eigenvalue weighted by molar-refractivity contribution is 6.18. The molecule has 0 saturated carbocycles. The topological polar surface area (TPSA) is 3.24 Å². The van der Waals surface area contributed by atoms with Crippen molar-refractivity contribution in [2.75, 3.05) is 19.5 Å². The molecule has 0 N–H and O–H groups in total. The Morgan fingerprint density at radius 1 is 1.13 bits per heavy atom. The lowest BCUT2D eigenvalue weighted by atomic mass is 9.99. The fraction of sp³-hybridized carbons (Fsp3) is 0.538. The van der Waals surface area contributed by atoms with E-state index in [1.165, 1.54) is 22.3 Å². The van der Waals surface area contributed by atoms with E-state index in [2.05, 4.69) is 44.9 Å². The first-order chi connectivity index (χ1) is 7.04. The SMILES string of the molecule is Cc1cc(C)c(CN(C)CCCl)c(C)c1. The number of nitrogens with zero attached hydrogens (tertiary/aromatic N) is 1. The predicted molar refractivity (Wildman–Crippen MR) is 67.7 cm³/mol. The largest absolute Gasteiger partial charge is 0.301 e. The molecule has 0 aliphatic rings. The van der Waals surface area contributed by atoms with Crippen LogP contribution in [0.3, 0.4) is 0 Å². The standard InChI is InChI=1S/C13H20ClN/c1-10-7-11(2)13(12(3)8-10)9-15(4)6-5-14/h7-8H,5-6,9H2,1-4H3. The van der Waals surface area contributed by atoms with Gasteiger partial charge in [-0.05, 0) is 44.5 Å². The Bertz CT molecular complexity index is 310. The van der Waals surface area contributed by atoms with Crippen LogP contribution in [0.5, 0.6) is 0 Å². The number of hydrogen-bond donors (Lipinski definition) is 0. The molecule has 0 atom stereocenters. The third-order valence-electron chi connectivity index (χ3n) is 2.73. The van der Waals surface area contributed by atoms with Crippen LogP contribution in [0, 0.1) is 20.8 Å². The molecule has 0 spiro atoms. The van der Waals surface area contributed by atoms with Crippen molar-refractivity contribution in [2.24, 2.45) is 0 Å². The summed E-state index contributed by atoms with van der Waals surface area (Å²) in [6.07, 6.45) is 0. The lowest BCUT2D eigenvalue weighted by molar-refractivity contribution is 0.346. The van der Waals surface area contributed by atoms with Crippen molar-refractivity contribution in [3.8, 4) is 0 Å². The number of hydrogen-bond acceptors (Lipinski definition) is 1. The summed E-state index contributed by atoms with van der Waals surface area (Å²) in [4.78, 5) is 2.26. The molecule has 0 heterocycles.